The van der Waals surface area contributed by atoms with Gasteiger partial charge in [0.15, 0.2) is 0 Å². The predicted octanol–water partition coefficient (Wildman–Crippen LogP) is 2.60. The molecule has 1 rings (SSSR count). The predicted molar refractivity (Wildman–Crippen MR) is 71.7 cm³/mol. The molecule has 0 aliphatic carbocycles. The van der Waals surface area contributed by atoms with Gasteiger partial charge in [0.25, 0.3) is 0 Å². The molecule has 1 unspecified atom stereocenters. The first kappa shape index (κ1) is 14.0. The van der Waals surface area contributed by atoms with E-state index in [9.17, 15) is 0 Å². The summed E-state index contributed by atoms with van der Waals surface area (Å²) in [5.41, 5.74) is 0. The van der Waals surface area contributed by atoms with Gasteiger partial charge in [-0.1, -0.05) is 27.7 Å². The van der Waals surface area contributed by atoms with Gasteiger partial charge in [-0.05, 0) is 56.8 Å². The van der Waals surface area contributed by atoms with E-state index < -0.39 is 0 Å². The van der Waals surface area contributed by atoms with E-state index in [1.807, 2.05) is 0 Å². The standard InChI is InChI=1S/C14H30N2/c1-12(2)5-7-16-8-6-14(11-16)10-15-9-13(3)4/h12-15H,5-11H2,1-4H3. The third-order valence-electron chi connectivity index (χ3n) is 3.38. The highest BCUT2D eigenvalue weighted by Crippen LogP contribution is 2.16. The Morgan fingerprint density at radius 3 is 2.56 bits per heavy atom. The summed E-state index contributed by atoms with van der Waals surface area (Å²) in [6, 6.07) is 0. The molecule has 0 saturated carbocycles. The monoisotopic (exact) mass is 226 g/mol. The van der Waals surface area contributed by atoms with Crippen LogP contribution in [0.25, 0.3) is 0 Å². The fourth-order valence-electron chi connectivity index (χ4n) is 2.30. The highest BCUT2D eigenvalue weighted by atomic mass is 15.1. The minimum Gasteiger partial charge on any atom is -0.316 e. The quantitative estimate of drug-likeness (QED) is 0.718. The Bertz CT molecular complexity index is 178. The van der Waals surface area contributed by atoms with Crippen LogP contribution < -0.4 is 5.32 Å². The first-order valence-electron chi connectivity index (χ1n) is 7.01. The van der Waals surface area contributed by atoms with Crippen LogP contribution in [-0.4, -0.2) is 37.6 Å². The SMILES string of the molecule is CC(C)CCN1CCC(CNCC(C)C)C1. The van der Waals surface area contributed by atoms with E-state index >= 15 is 0 Å². The molecule has 0 radical (unpaired) electrons. The smallest absolute Gasteiger partial charge is 0.00223 e. The van der Waals surface area contributed by atoms with Crippen LogP contribution in [0.5, 0.6) is 0 Å². The van der Waals surface area contributed by atoms with Crippen LogP contribution in [-0.2, 0) is 0 Å². The lowest BCUT2D eigenvalue weighted by atomic mass is 10.1. The molecular formula is C14H30N2. The van der Waals surface area contributed by atoms with Crippen LogP contribution in [0.15, 0.2) is 0 Å². The molecule has 0 aromatic heterocycles. The molecule has 2 heteroatoms. The van der Waals surface area contributed by atoms with Crippen molar-refractivity contribution in [2.24, 2.45) is 17.8 Å². The average molecular weight is 226 g/mol. The summed E-state index contributed by atoms with van der Waals surface area (Å²) in [7, 11) is 0. The minimum atomic E-state index is 0.776. The normalized spacial score (nSPS) is 22.5. The Morgan fingerprint density at radius 1 is 1.19 bits per heavy atom. The summed E-state index contributed by atoms with van der Waals surface area (Å²) in [6.07, 6.45) is 2.75. The van der Waals surface area contributed by atoms with Crippen LogP contribution in [0.3, 0.4) is 0 Å². The number of nitrogens with zero attached hydrogens (tertiary/aromatic N) is 1. The van der Waals surface area contributed by atoms with Gasteiger partial charge < -0.3 is 10.2 Å². The van der Waals surface area contributed by atoms with Crippen LogP contribution in [0, 0.1) is 17.8 Å². The van der Waals surface area contributed by atoms with E-state index in [1.54, 1.807) is 0 Å². The van der Waals surface area contributed by atoms with Crippen molar-refractivity contribution in [3.05, 3.63) is 0 Å². The molecule has 1 aliphatic heterocycles. The van der Waals surface area contributed by atoms with E-state index in [0.717, 1.165) is 17.8 Å². The molecule has 0 amide bonds. The van der Waals surface area contributed by atoms with Gasteiger partial charge in [-0.3, -0.25) is 0 Å². The number of rotatable bonds is 7. The average Bonchev–Trinajstić information content (AvgIpc) is 2.62. The molecule has 0 spiro atoms. The Morgan fingerprint density at radius 2 is 1.94 bits per heavy atom. The van der Waals surface area contributed by atoms with Crippen LogP contribution in [0.4, 0.5) is 0 Å². The van der Waals surface area contributed by atoms with Crippen molar-refractivity contribution in [1.82, 2.24) is 10.2 Å². The zero-order valence-electron chi connectivity index (χ0n) is 11.6. The van der Waals surface area contributed by atoms with Gasteiger partial charge in [0.2, 0.25) is 0 Å². The van der Waals surface area contributed by atoms with Crippen molar-refractivity contribution in [3.8, 4) is 0 Å². The van der Waals surface area contributed by atoms with Crippen molar-refractivity contribution < 1.29 is 0 Å². The maximum atomic E-state index is 3.59. The van der Waals surface area contributed by atoms with Gasteiger partial charge in [0.05, 0.1) is 0 Å². The molecule has 1 atom stereocenters. The Balaban J connectivity index is 2.05. The second kappa shape index (κ2) is 7.29. The third kappa shape index (κ3) is 5.86. The Labute approximate surface area is 102 Å². The van der Waals surface area contributed by atoms with Crippen molar-refractivity contribution >= 4 is 0 Å². The fourth-order valence-corrected chi connectivity index (χ4v) is 2.30. The van der Waals surface area contributed by atoms with E-state index in [2.05, 4.69) is 37.9 Å². The third-order valence-corrected chi connectivity index (χ3v) is 3.38. The summed E-state index contributed by atoms with van der Waals surface area (Å²) in [5, 5.41) is 3.59. The molecular weight excluding hydrogens is 196 g/mol. The van der Waals surface area contributed by atoms with Gasteiger partial charge in [-0.2, -0.15) is 0 Å². The van der Waals surface area contributed by atoms with Crippen molar-refractivity contribution in [2.45, 2.75) is 40.5 Å². The summed E-state index contributed by atoms with van der Waals surface area (Å²) >= 11 is 0. The molecule has 0 bridgehead atoms. The number of hydrogen-bond donors (Lipinski definition) is 1. The van der Waals surface area contributed by atoms with E-state index in [0.29, 0.717) is 0 Å². The highest BCUT2D eigenvalue weighted by molar-refractivity contribution is 4.77. The minimum absolute atomic E-state index is 0.776. The number of likely N-dealkylation sites (tertiary alicyclic amines) is 1. The van der Waals surface area contributed by atoms with Crippen LogP contribution >= 0.6 is 0 Å². The first-order chi connectivity index (χ1) is 7.58. The van der Waals surface area contributed by atoms with Crippen LogP contribution in [0.2, 0.25) is 0 Å². The molecule has 1 N–H and O–H groups in total. The van der Waals surface area contributed by atoms with Gasteiger partial charge >= 0.3 is 0 Å². The van der Waals surface area contributed by atoms with E-state index in [-0.39, 0.29) is 0 Å². The molecule has 2 nitrogen and oxygen atoms in total. The maximum absolute atomic E-state index is 3.59. The lowest BCUT2D eigenvalue weighted by molar-refractivity contribution is 0.299. The summed E-state index contributed by atoms with van der Waals surface area (Å²) in [6.45, 7) is 15.5. The van der Waals surface area contributed by atoms with Gasteiger partial charge in [0.1, 0.15) is 0 Å². The largest absolute Gasteiger partial charge is 0.316 e. The second-order valence-corrected chi connectivity index (χ2v) is 6.19. The Kier molecular flexibility index (Phi) is 6.37. The number of nitrogens with one attached hydrogen (secondary N) is 1. The van der Waals surface area contributed by atoms with Crippen molar-refractivity contribution in [2.75, 3.05) is 32.7 Å². The molecule has 0 aromatic rings. The Hall–Kier alpha value is -0.0800. The molecule has 1 aliphatic rings. The van der Waals surface area contributed by atoms with Crippen molar-refractivity contribution in [3.63, 3.8) is 0 Å². The van der Waals surface area contributed by atoms with Crippen LogP contribution in [0.1, 0.15) is 40.5 Å². The molecule has 1 saturated heterocycles. The maximum Gasteiger partial charge on any atom is 0.00223 e. The summed E-state index contributed by atoms with van der Waals surface area (Å²) in [4.78, 5) is 2.64. The summed E-state index contributed by atoms with van der Waals surface area (Å²) < 4.78 is 0. The van der Waals surface area contributed by atoms with Crippen molar-refractivity contribution in [1.29, 1.82) is 0 Å². The van der Waals surface area contributed by atoms with Gasteiger partial charge in [-0.15, -0.1) is 0 Å². The molecule has 1 heterocycles. The zero-order chi connectivity index (χ0) is 12.0. The number of hydrogen-bond acceptors (Lipinski definition) is 2. The first-order valence-corrected chi connectivity index (χ1v) is 7.01. The molecule has 1 fully saturated rings. The van der Waals surface area contributed by atoms with E-state index in [4.69, 9.17) is 0 Å². The van der Waals surface area contributed by atoms with Gasteiger partial charge in [0, 0.05) is 6.54 Å². The second-order valence-electron chi connectivity index (χ2n) is 6.19. The molecule has 16 heavy (non-hydrogen) atoms. The fraction of sp³-hybridized carbons (Fsp3) is 1.00. The van der Waals surface area contributed by atoms with Gasteiger partial charge in [-0.25, -0.2) is 0 Å². The molecule has 96 valence electrons. The lowest BCUT2D eigenvalue weighted by Gasteiger charge is -2.17. The summed E-state index contributed by atoms with van der Waals surface area (Å²) in [5.74, 6) is 2.52. The zero-order valence-corrected chi connectivity index (χ0v) is 11.6. The van der Waals surface area contributed by atoms with E-state index in [1.165, 1.54) is 45.6 Å². The molecule has 0 aromatic carbocycles. The highest BCUT2D eigenvalue weighted by Gasteiger charge is 2.21. The lowest BCUT2D eigenvalue weighted by Crippen LogP contribution is -2.29. The topological polar surface area (TPSA) is 15.3 Å².